The van der Waals surface area contributed by atoms with E-state index in [-0.39, 0.29) is 6.03 Å². The topological polar surface area (TPSA) is 115 Å². The van der Waals surface area contributed by atoms with Crippen LogP contribution in [-0.2, 0) is 0 Å². The van der Waals surface area contributed by atoms with Gasteiger partial charge in [0.1, 0.15) is 19.0 Å². The van der Waals surface area contributed by atoms with Crippen molar-refractivity contribution >= 4 is 17.5 Å². The molecule has 0 aliphatic carbocycles. The average molecular weight is 381 g/mol. The third kappa shape index (κ3) is 4.29. The summed E-state index contributed by atoms with van der Waals surface area (Å²) in [6.07, 6.45) is 3.47. The van der Waals surface area contributed by atoms with Crippen LogP contribution >= 0.6 is 0 Å². The van der Waals surface area contributed by atoms with Crippen molar-refractivity contribution < 1.29 is 14.3 Å². The number of fused-ring (bicyclic) bond motifs is 1. The number of carbonyl (C=O) groups excluding carboxylic acids is 1. The van der Waals surface area contributed by atoms with Gasteiger partial charge in [0.25, 0.3) is 0 Å². The van der Waals surface area contributed by atoms with Crippen molar-refractivity contribution in [2.24, 2.45) is 0 Å². The lowest BCUT2D eigenvalue weighted by atomic mass is 10.2. The van der Waals surface area contributed by atoms with Gasteiger partial charge in [-0.25, -0.2) is 9.48 Å². The largest absolute Gasteiger partial charge is 0.486 e. The van der Waals surface area contributed by atoms with Crippen LogP contribution in [0.15, 0.2) is 48.8 Å². The Morgan fingerprint density at radius 2 is 1.96 bits per heavy atom. The van der Waals surface area contributed by atoms with Crippen LogP contribution in [0.25, 0.3) is 5.82 Å². The van der Waals surface area contributed by atoms with Gasteiger partial charge in [-0.2, -0.15) is 5.10 Å². The first kappa shape index (κ1) is 17.6. The molecule has 0 saturated heterocycles. The van der Waals surface area contributed by atoms with Crippen LogP contribution in [-0.4, -0.2) is 52.3 Å². The molecule has 28 heavy (non-hydrogen) atoms. The molecule has 0 unspecified atom stereocenters. The lowest BCUT2D eigenvalue weighted by Crippen LogP contribution is -2.32. The standard InChI is InChI=1S/C18H19N7O3/c26-18(22-13-2-3-14-15(12-13)28-11-10-27-14)20-8-7-19-16-4-5-17(24-23-16)25-9-1-6-21-25/h1-6,9,12H,7-8,10-11H2,(H,19,23)(H2,20,22,26). The van der Waals surface area contributed by atoms with E-state index in [1.54, 1.807) is 41.3 Å². The molecule has 1 aliphatic rings. The zero-order chi connectivity index (χ0) is 19.2. The van der Waals surface area contributed by atoms with Gasteiger partial charge >= 0.3 is 6.03 Å². The van der Waals surface area contributed by atoms with Crippen molar-refractivity contribution in [1.29, 1.82) is 0 Å². The predicted octanol–water partition coefficient (Wildman–Crippen LogP) is 1.67. The van der Waals surface area contributed by atoms with Gasteiger partial charge in [0.15, 0.2) is 17.3 Å². The molecule has 4 rings (SSSR count). The molecule has 3 aromatic rings. The second-order valence-corrected chi connectivity index (χ2v) is 5.89. The maximum atomic E-state index is 12.0. The molecule has 0 bridgehead atoms. The van der Waals surface area contributed by atoms with E-state index in [0.717, 1.165) is 0 Å². The number of benzene rings is 1. The molecule has 10 heteroatoms. The second-order valence-electron chi connectivity index (χ2n) is 5.89. The van der Waals surface area contributed by atoms with E-state index in [2.05, 4.69) is 31.2 Å². The van der Waals surface area contributed by atoms with Gasteiger partial charge in [-0.3, -0.25) is 0 Å². The Labute approximate surface area is 160 Å². The molecule has 3 heterocycles. The zero-order valence-corrected chi connectivity index (χ0v) is 15.0. The number of hydrogen-bond donors (Lipinski definition) is 3. The van der Waals surface area contributed by atoms with Gasteiger partial charge in [-0.1, -0.05) is 0 Å². The Morgan fingerprint density at radius 1 is 1.07 bits per heavy atom. The predicted molar refractivity (Wildman–Crippen MR) is 102 cm³/mol. The van der Waals surface area contributed by atoms with E-state index in [4.69, 9.17) is 9.47 Å². The first-order chi connectivity index (χ1) is 13.8. The van der Waals surface area contributed by atoms with Crippen LogP contribution in [0.2, 0.25) is 0 Å². The van der Waals surface area contributed by atoms with Gasteiger partial charge in [0.05, 0.1) is 0 Å². The zero-order valence-electron chi connectivity index (χ0n) is 15.0. The summed E-state index contributed by atoms with van der Waals surface area (Å²) in [6, 6.07) is 10.4. The molecular weight excluding hydrogens is 362 g/mol. The van der Waals surface area contributed by atoms with E-state index in [1.165, 1.54) is 0 Å². The summed E-state index contributed by atoms with van der Waals surface area (Å²) in [6.45, 7) is 1.95. The Balaban J connectivity index is 1.20. The molecule has 10 nitrogen and oxygen atoms in total. The monoisotopic (exact) mass is 381 g/mol. The average Bonchev–Trinajstić information content (AvgIpc) is 3.26. The van der Waals surface area contributed by atoms with E-state index >= 15 is 0 Å². The molecular formula is C18H19N7O3. The van der Waals surface area contributed by atoms with Crippen LogP contribution in [0.4, 0.5) is 16.3 Å². The van der Waals surface area contributed by atoms with Crippen LogP contribution in [0.1, 0.15) is 0 Å². The highest BCUT2D eigenvalue weighted by molar-refractivity contribution is 5.89. The van der Waals surface area contributed by atoms with Crippen LogP contribution in [0.3, 0.4) is 0 Å². The van der Waals surface area contributed by atoms with E-state index < -0.39 is 0 Å². The van der Waals surface area contributed by atoms with Crippen LogP contribution in [0.5, 0.6) is 11.5 Å². The molecule has 0 fully saturated rings. The first-order valence-corrected chi connectivity index (χ1v) is 8.80. The van der Waals surface area contributed by atoms with Crippen LogP contribution in [0, 0.1) is 0 Å². The Hall–Kier alpha value is -3.82. The van der Waals surface area contributed by atoms with Crippen molar-refractivity contribution in [2.45, 2.75) is 0 Å². The third-order valence-electron chi connectivity index (χ3n) is 3.91. The van der Waals surface area contributed by atoms with Crippen molar-refractivity contribution in [3.63, 3.8) is 0 Å². The fraction of sp³-hybridized carbons (Fsp3) is 0.222. The number of nitrogens with one attached hydrogen (secondary N) is 3. The van der Waals surface area contributed by atoms with E-state index in [9.17, 15) is 4.79 Å². The van der Waals surface area contributed by atoms with Crippen molar-refractivity contribution in [3.8, 4) is 17.3 Å². The molecule has 1 aromatic carbocycles. The summed E-state index contributed by atoms with van der Waals surface area (Å²) in [5, 5.41) is 20.9. The maximum absolute atomic E-state index is 12.0. The molecule has 0 radical (unpaired) electrons. The third-order valence-corrected chi connectivity index (χ3v) is 3.91. The normalized spacial score (nSPS) is 12.3. The highest BCUT2D eigenvalue weighted by atomic mass is 16.6. The second kappa shape index (κ2) is 8.25. The summed E-state index contributed by atoms with van der Waals surface area (Å²) in [4.78, 5) is 12.0. The minimum absolute atomic E-state index is 0.307. The highest BCUT2D eigenvalue weighted by Crippen LogP contribution is 2.32. The smallest absolute Gasteiger partial charge is 0.319 e. The van der Waals surface area contributed by atoms with Gasteiger partial charge in [0, 0.05) is 37.2 Å². The van der Waals surface area contributed by atoms with Gasteiger partial charge in [0.2, 0.25) is 0 Å². The number of ether oxygens (including phenoxy) is 2. The summed E-state index contributed by atoms with van der Waals surface area (Å²) in [5.41, 5.74) is 0.634. The number of carbonyl (C=O) groups is 1. The fourth-order valence-corrected chi connectivity index (χ4v) is 2.61. The number of rotatable bonds is 6. The lowest BCUT2D eigenvalue weighted by Gasteiger charge is -2.19. The molecule has 1 aliphatic heterocycles. The Bertz CT molecular complexity index is 929. The number of amides is 2. The molecule has 0 spiro atoms. The molecule has 144 valence electrons. The van der Waals surface area contributed by atoms with E-state index in [1.807, 2.05) is 12.1 Å². The number of hydrogen-bond acceptors (Lipinski definition) is 7. The summed E-state index contributed by atoms with van der Waals surface area (Å²) >= 11 is 0. The van der Waals surface area contributed by atoms with Gasteiger partial charge in [-0.05, 0) is 30.3 Å². The molecule has 0 saturated carbocycles. The van der Waals surface area contributed by atoms with E-state index in [0.29, 0.717) is 55.1 Å². The number of anilines is 2. The molecule has 0 atom stereocenters. The minimum Gasteiger partial charge on any atom is -0.486 e. The lowest BCUT2D eigenvalue weighted by molar-refractivity contribution is 0.171. The highest BCUT2D eigenvalue weighted by Gasteiger charge is 2.12. The Kier molecular flexibility index (Phi) is 5.18. The van der Waals surface area contributed by atoms with Crippen molar-refractivity contribution in [1.82, 2.24) is 25.3 Å². The number of aromatic nitrogens is 4. The minimum atomic E-state index is -0.307. The summed E-state index contributed by atoms with van der Waals surface area (Å²) in [7, 11) is 0. The van der Waals surface area contributed by atoms with Gasteiger partial charge in [-0.15, -0.1) is 10.2 Å². The van der Waals surface area contributed by atoms with Crippen LogP contribution < -0.4 is 25.4 Å². The molecule has 3 N–H and O–H groups in total. The number of nitrogens with zero attached hydrogens (tertiary/aromatic N) is 4. The first-order valence-electron chi connectivity index (χ1n) is 8.80. The molecule has 2 amide bonds. The fourth-order valence-electron chi connectivity index (χ4n) is 2.61. The molecule has 2 aromatic heterocycles. The number of urea groups is 1. The SMILES string of the molecule is O=C(NCCNc1ccc(-n2cccn2)nn1)Nc1ccc2c(c1)OCCO2. The quantitative estimate of drug-likeness (QED) is 0.556. The van der Waals surface area contributed by atoms with Gasteiger partial charge < -0.3 is 25.4 Å². The van der Waals surface area contributed by atoms with Crippen molar-refractivity contribution in [2.75, 3.05) is 36.9 Å². The summed E-state index contributed by atoms with van der Waals surface area (Å²) < 4.78 is 12.6. The Morgan fingerprint density at radius 3 is 2.75 bits per heavy atom. The van der Waals surface area contributed by atoms with Crippen molar-refractivity contribution in [3.05, 3.63) is 48.8 Å². The maximum Gasteiger partial charge on any atom is 0.319 e. The summed E-state index contributed by atoms with van der Waals surface area (Å²) in [5.74, 6) is 2.56.